The van der Waals surface area contributed by atoms with Gasteiger partial charge in [0.1, 0.15) is 0 Å². The first kappa shape index (κ1) is 16.7. The Morgan fingerprint density at radius 1 is 1.30 bits per heavy atom. The number of carboxylic acids is 1. The smallest absolute Gasteiger partial charge is 0.356 e. The van der Waals surface area contributed by atoms with Crippen molar-refractivity contribution >= 4 is 15.8 Å². The van der Waals surface area contributed by atoms with Crippen LogP contribution in [0.5, 0.6) is 0 Å². The molecule has 0 bridgehead atoms. The van der Waals surface area contributed by atoms with Crippen molar-refractivity contribution in [2.75, 3.05) is 11.5 Å². The number of hydrogen-bond acceptors (Lipinski definition) is 4. The molecule has 0 spiro atoms. The van der Waals surface area contributed by atoms with E-state index in [1.54, 1.807) is 4.68 Å². The van der Waals surface area contributed by atoms with E-state index >= 15 is 0 Å². The molecule has 0 unspecified atom stereocenters. The lowest BCUT2D eigenvalue weighted by Crippen LogP contribution is -2.15. The van der Waals surface area contributed by atoms with Crippen molar-refractivity contribution in [3.8, 4) is 0 Å². The van der Waals surface area contributed by atoms with Crippen molar-refractivity contribution in [3.05, 3.63) is 17.5 Å². The van der Waals surface area contributed by atoms with Gasteiger partial charge in [0.15, 0.2) is 15.5 Å². The number of carboxylic acid groups (broad SMARTS) is 1. The summed E-state index contributed by atoms with van der Waals surface area (Å²) in [5, 5.41) is 13.0. The van der Waals surface area contributed by atoms with E-state index in [1.807, 2.05) is 13.8 Å². The summed E-state index contributed by atoms with van der Waals surface area (Å²) in [5.74, 6) is -0.877. The summed E-state index contributed by atoms with van der Waals surface area (Å²) in [6.45, 7) is 4.48. The predicted octanol–water partition coefficient (Wildman–Crippen LogP) is 1.75. The first-order valence-electron chi connectivity index (χ1n) is 6.90. The molecule has 0 aliphatic heterocycles. The average Bonchev–Trinajstić information content (AvgIpc) is 2.77. The molecule has 0 atom stereocenters. The van der Waals surface area contributed by atoms with Crippen molar-refractivity contribution in [3.63, 3.8) is 0 Å². The van der Waals surface area contributed by atoms with E-state index in [1.165, 1.54) is 6.07 Å². The first-order chi connectivity index (χ1) is 9.39. The van der Waals surface area contributed by atoms with Crippen LogP contribution < -0.4 is 0 Å². The van der Waals surface area contributed by atoms with Crippen LogP contribution in [0.3, 0.4) is 0 Å². The molecule has 7 heteroatoms. The summed E-state index contributed by atoms with van der Waals surface area (Å²) in [6, 6.07) is 1.47. The van der Waals surface area contributed by atoms with Crippen LogP contribution in [0.1, 0.15) is 49.3 Å². The van der Waals surface area contributed by atoms with Crippen LogP contribution in [0.15, 0.2) is 6.07 Å². The quantitative estimate of drug-likeness (QED) is 0.750. The Hall–Kier alpha value is -1.37. The van der Waals surface area contributed by atoms with Crippen molar-refractivity contribution in [1.82, 2.24) is 9.78 Å². The fourth-order valence-corrected chi connectivity index (χ4v) is 3.28. The third kappa shape index (κ3) is 4.96. The molecule has 0 saturated heterocycles. The molecule has 1 heterocycles. The van der Waals surface area contributed by atoms with Crippen LogP contribution in [0.4, 0.5) is 0 Å². The Morgan fingerprint density at radius 3 is 2.55 bits per heavy atom. The number of rotatable bonds is 9. The highest BCUT2D eigenvalue weighted by Gasteiger charge is 2.16. The Morgan fingerprint density at radius 2 is 2.00 bits per heavy atom. The van der Waals surface area contributed by atoms with Crippen LogP contribution in [0, 0.1) is 0 Å². The SMILES string of the molecule is CCCCn1nc(C(=O)O)cc1CCS(=O)(=O)CCC. The molecular formula is C13H22N2O4S. The third-order valence-electron chi connectivity index (χ3n) is 2.99. The van der Waals surface area contributed by atoms with Gasteiger partial charge >= 0.3 is 5.97 Å². The van der Waals surface area contributed by atoms with E-state index in [0.29, 0.717) is 25.1 Å². The Kier molecular flexibility index (Phi) is 6.19. The zero-order chi connectivity index (χ0) is 15.2. The fourth-order valence-electron chi connectivity index (χ4n) is 1.94. The number of hydrogen-bond donors (Lipinski definition) is 1. The minimum absolute atomic E-state index is 0.0241. The second-order valence-electron chi connectivity index (χ2n) is 4.80. The first-order valence-corrected chi connectivity index (χ1v) is 8.72. The second kappa shape index (κ2) is 7.42. The number of aryl methyl sites for hydroxylation is 2. The zero-order valence-electron chi connectivity index (χ0n) is 12.0. The topological polar surface area (TPSA) is 89.3 Å². The number of nitrogens with zero attached hydrogens (tertiary/aromatic N) is 2. The van der Waals surface area contributed by atoms with Crippen LogP contribution in [0.25, 0.3) is 0 Å². The lowest BCUT2D eigenvalue weighted by atomic mass is 10.3. The zero-order valence-corrected chi connectivity index (χ0v) is 12.8. The van der Waals surface area contributed by atoms with Crippen LogP contribution >= 0.6 is 0 Å². The molecule has 1 N–H and O–H groups in total. The maximum atomic E-state index is 11.7. The van der Waals surface area contributed by atoms with Gasteiger partial charge in [0, 0.05) is 24.4 Å². The standard InChI is InChI=1S/C13H22N2O4S/c1-3-5-7-15-11(10-12(14-15)13(16)17)6-9-20(18,19)8-4-2/h10H,3-9H2,1-2H3,(H,16,17). The van der Waals surface area contributed by atoms with Crippen molar-refractivity contribution in [1.29, 1.82) is 0 Å². The van der Waals surface area contributed by atoms with Crippen LogP contribution in [-0.4, -0.2) is 40.8 Å². The van der Waals surface area contributed by atoms with Gasteiger partial charge in [0.2, 0.25) is 0 Å². The molecule has 1 aromatic rings. The molecule has 0 aromatic carbocycles. The van der Waals surface area contributed by atoms with E-state index in [0.717, 1.165) is 12.8 Å². The molecule has 0 radical (unpaired) electrons. The van der Waals surface area contributed by atoms with E-state index in [4.69, 9.17) is 5.11 Å². The van der Waals surface area contributed by atoms with Gasteiger partial charge in [-0.1, -0.05) is 20.3 Å². The number of carbonyl (C=O) groups is 1. The van der Waals surface area contributed by atoms with Gasteiger partial charge in [-0.2, -0.15) is 5.10 Å². The van der Waals surface area contributed by atoms with Gasteiger partial charge in [0.05, 0.1) is 5.75 Å². The summed E-state index contributed by atoms with van der Waals surface area (Å²) in [6.07, 6.45) is 2.76. The molecule has 0 aliphatic carbocycles. The van der Waals surface area contributed by atoms with Gasteiger partial charge in [-0.25, -0.2) is 13.2 Å². The minimum Gasteiger partial charge on any atom is -0.476 e. The highest BCUT2D eigenvalue weighted by Crippen LogP contribution is 2.09. The van der Waals surface area contributed by atoms with Gasteiger partial charge in [-0.3, -0.25) is 4.68 Å². The van der Waals surface area contributed by atoms with Crippen LogP contribution in [0.2, 0.25) is 0 Å². The molecule has 0 amide bonds. The summed E-state index contributed by atoms with van der Waals surface area (Å²) in [5.41, 5.74) is 0.652. The summed E-state index contributed by atoms with van der Waals surface area (Å²) in [7, 11) is -3.07. The van der Waals surface area contributed by atoms with Crippen LogP contribution in [-0.2, 0) is 22.8 Å². The monoisotopic (exact) mass is 302 g/mol. The molecule has 0 aliphatic rings. The molecule has 1 aromatic heterocycles. The lowest BCUT2D eigenvalue weighted by Gasteiger charge is -2.07. The van der Waals surface area contributed by atoms with E-state index < -0.39 is 15.8 Å². The van der Waals surface area contributed by atoms with Crippen molar-refractivity contribution < 1.29 is 18.3 Å². The van der Waals surface area contributed by atoms with Gasteiger partial charge in [-0.15, -0.1) is 0 Å². The van der Waals surface area contributed by atoms with E-state index in [-0.39, 0.29) is 17.2 Å². The predicted molar refractivity (Wildman–Crippen MR) is 76.7 cm³/mol. The maximum Gasteiger partial charge on any atom is 0.356 e. The Balaban J connectivity index is 2.83. The molecular weight excluding hydrogens is 280 g/mol. The molecule has 0 fully saturated rings. The van der Waals surface area contributed by atoms with E-state index in [9.17, 15) is 13.2 Å². The summed E-state index contributed by atoms with van der Waals surface area (Å²) >= 11 is 0. The van der Waals surface area contributed by atoms with E-state index in [2.05, 4.69) is 5.10 Å². The average molecular weight is 302 g/mol. The largest absolute Gasteiger partial charge is 0.476 e. The fraction of sp³-hybridized carbons (Fsp3) is 0.692. The molecule has 114 valence electrons. The highest BCUT2D eigenvalue weighted by atomic mass is 32.2. The highest BCUT2D eigenvalue weighted by molar-refractivity contribution is 7.91. The number of aromatic carboxylic acids is 1. The normalized spacial score (nSPS) is 11.7. The minimum atomic E-state index is -3.07. The van der Waals surface area contributed by atoms with Gasteiger partial charge < -0.3 is 5.11 Å². The summed E-state index contributed by atoms with van der Waals surface area (Å²) < 4.78 is 25.1. The Labute approximate surface area is 119 Å². The number of sulfone groups is 1. The third-order valence-corrected chi connectivity index (χ3v) is 4.85. The molecule has 20 heavy (non-hydrogen) atoms. The van der Waals surface area contributed by atoms with Gasteiger partial charge in [0.25, 0.3) is 0 Å². The van der Waals surface area contributed by atoms with Crippen molar-refractivity contribution in [2.45, 2.75) is 46.1 Å². The van der Waals surface area contributed by atoms with Crippen molar-refractivity contribution in [2.24, 2.45) is 0 Å². The number of unbranched alkanes of at least 4 members (excludes halogenated alkanes) is 1. The maximum absolute atomic E-state index is 11.7. The lowest BCUT2D eigenvalue weighted by molar-refractivity contribution is 0.0689. The molecule has 6 nitrogen and oxygen atoms in total. The Bertz CT molecular complexity index is 549. The van der Waals surface area contributed by atoms with Gasteiger partial charge in [-0.05, 0) is 18.9 Å². The molecule has 1 rings (SSSR count). The number of aromatic nitrogens is 2. The second-order valence-corrected chi connectivity index (χ2v) is 7.11. The summed E-state index contributed by atoms with van der Waals surface area (Å²) in [4.78, 5) is 10.9. The molecule has 0 saturated carbocycles.